The van der Waals surface area contributed by atoms with Gasteiger partial charge in [0.15, 0.2) is 0 Å². The van der Waals surface area contributed by atoms with E-state index in [9.17, 15) is 4.39 Å². The van der Waals surface area contributed by atoms with E-state index >= 15 is 0 Å². The average Bonchev–Trinajstić information content (AvgIpc) is 2.22. The zero-order valence-electron chi connectivity index (χ0n) is 9.08. The highest BCUT2D eigenvalue weighted by Crippen LogP contribution is 2.10. The van der Waals surface area contributed by atoms with Crippen LogP contribution in [0.3, 0.4) is 0 Å². The molecule has 0 radical (unpaired) electrons. The van der Waals surface area contributed by atoms with Gasteiger partial charge in [-0.15, -0.1) is 0 Å². The first-order valence-corrected chi connectivity index (χ1v) is 5.22. The fraction of sp³-hybridized carbons (Fsp3) is 0.500. The van der Waals surface area contributed by atoms with E-state index in [-0.39, 0.29) is 11.9 Å². The minimum atomic E-state index is -0.167. The van der Waals surface area contributed by atoms with E-state index in [2.05, 4.69) is 0 Å². The van der Waals surface area contributed by atoms with Gasteiger partial charge in [0.25, 0.3) is 0 Å². The SMILES string of the molecule is COCCCC(N)Cc1ccccc1F. The molecule has 15 heavy (non-hydrogen) atoms. The predicted octanol–water partition coefficient (Wildman–Crippen LogP) is 2.12. The van der Waals surface area contributed by atoms with Gasteiger partial charge in [0.2, 0.25) is 0 Å². The molecule has 1 aromatic rings. The van der Waals surface area contributed by atoms with Gasteiger partial charge in [-0.1, -0.05) is 18.2 Å². The topological polar surface area (TPSA) is 35.2 Å². The Morgan fingerprint density at radius 3 is 2.80 bits per heavy atom. The van der Waals surface area contributed by atoms with Gasteiger partial charge < -0.3 is 10.5 Å². The Bertz CT molecular complexity index is 291. The molecule has 0 aliphatic carbocycles. The molecule has 0 aliphatic heterocycles. The van der Waals surface area contributed by atoms with Crippen LogP contribution in [0.5, 0.6) is 0 Å². The molecule has 2 nitrogen and oxygen atoms in total. The summed E-state index contributed by atoms with van der Waals surface area (Å²) >= 11 is 0. The van der Waals surface area contributed by atoms with E-state index in [0.29, 0.717) is 18.6 Å². The molecule has 1 atom stereocenters. The number of rotatable bonds is 6. The van der Waals surface area contributed by atoms with Crippen LogP contribution in [-0.4, -0.2) is 19.8 Å². The molecular formula is C12H18FNO. The van der Waals surface area contributed by atoms with Crippen molar-refractivity contribution >= 4 is 0 Å². The van der Waals surface area contributed by atoms with E-state index in [1.807, 2.05) is 6.07 Å². The van der Waals surface area contributed by atoms with Crippen LogP contribution in [-0.2, 0) is 11.2 Å². The molecular weight excluding hydrogens is 193 g/mol. The number of ether oxygens (including phenoxy) is 1. The standard InChI is InChI=1S/C12H18FNO/c1-15-8-4-6-11(14)9-10-5-2-3-7-12(10)13/h2-3,5,7,11H,4,6,8-9,14H2,1H3. The summed E-state index contributed by atoms with van der Waals surface area (Å²) in [5, 5.41) is 0. The second-order valence-corrected chi connectivity index (χ2v) is 3.69. The highest BCUT2D eigenvalue weighted by atomic mass is 19.1. The van der Waals surface area contributed by atoms with Crippen LogP contribution in [0.25, 0.3) is 0 Å². The summed E-state index contributed by atoms with van der Waals surface area (Å²) in [5.41, 5.74) is 6.59. The number of hydrogen-bond donors (Lipinski definition) is 1. The minimum absolute atomic E-state index is 0.0112. The van der Waals surface area contributed by atoms with Crippen LogP contribution in [0.1, 0.15) is 18.4 Å². The zero-order valence-corrected chi connectivity index (χ0v) is 9.08. The summed E-state index contributed by atoms with van der Waals surface area (Å²) in [6.07, 6.45) is 2.38. The molecule has 0 amide bonds. The third kappa shape index (κ3) is 4.40. The van der Waals surface area contributed by atoms with Crippen molar-refractivity contribution < 1.29 is 9.13 Å². The molecule has 0 aromatic heterocycles. The number of hydrogen-bond acceptors (Lipinski definition) is 2. The van der Waals surface area contributed by atoms with E-state index in [0.717, 1.165) is 12.8 Å². The van der Waals surface area contributed by atoms with Gasteiger partial charge in [-0.2, -0.15) is 0 Å². The van der Waals surface area contributed by atoms with Gasteiger partial charge >= 0.3 is 0 Å². The van der Waals surface area contributed by atoms with Gasteiger partial charge in [-0.05, 0) is 30.9 Å². The third-order valence-corrected chi connectivity index (χ3v) is 2.36. The second-order valence-electron chi connectivity index (χ2n) is 3.69. The normalized spacial score (nSPS) is 12.7. The van der Waals surface area contributed by atoms with E-state index in [1.54, 1.807) is 19.2 Å². The third-order valence-electron chi connectivity index (χ3n) is 2.36. The lowest BCUT2D eigenvalue weighted by atomic mass is 10.0. The summed E-state index contributed by atoms with van der Waals surface area (Å²) in [7, 11) is 1.67. The van der Waals surface area contributed by atoms with Crippen molar-refractivity contribution in [3.05, 3.63) is 35.6 Å². The Balaban J connectivity index is 2.37. The van der Waals surface area contributed by atoms with Crippen molar-refractivity contribution in [2.24, 2.45) is 5.73 Å². The Labute approximate surface area is 90.2 Å². The lowest BCUT2D eigenvalue weighted by Gasteiger charge is -2.11. The van der Waals surface area contributed by atoms with Crippen LogP contribution in [0, 0.1) is 5.82 Å². The maximum atomic E-state index is 13.3. The molecule has 1 unspecified atom stereocenters. The first-order chi connectivity index (χ1) is 7.24. The van der Waals surface area contributed by atoms with Gasteiger partial charge in [0.1, 0.15) is 5.82 Å². The van der Waals surface area contributed by atoms with Gasteiger partial charge in [0.05, 0.1) is 0 Å². The Morgan fingerprint density at radius 2 is 2.13 bits per heavy atom. The molecule has 84 valence electrons. The predicted molar refractivity (Wildman–Crippen MR) is 59.2 cm³/mol. The fourth-order valence-corrected chi connectivity index (χ4v) is 1.54. The highest BCUT2D eigenvalue weighted by molar-refractivity contribution is 5.18. The lowest BCUT2D eigenvalue weighted by Crippen LogP contribution is -2.23. The highest BCUT2D eigenvalue weighted by Gasteiger charge is 2.07. The van der Waals surface area contributed by atoms with Crippen LogP contribution < -0.4 is 5.73 Å². The van der Waals surface area contributed by atoms with Gasteiger partial charge in [-0.3, -0.25) is 0 Å². The van der Waals surface area contributed by atoms with Crippen molar-refractivity contribution in [2.45, 2.75) is 25.3 Å². The summed E-state index contributed by atoms with van der Waals surface area (Å²) in [5.74, 6) is -0.167. The van der Waals surface area contributed by atoms with Crippen LogP contribution >= 0.6 is 0 Å². The van der Waals surface area contributed by atoms with Gasteiger partial charge in [-0.25, -0.2) is 4.39 Å². The Kier molecular flexibility index (Phi) is 5.29. The largest absolute Gasteiger partial charge is 0.385 e. The fourth-order valence-electron chi connectivity index (χ4n) is 1.54. The summed E-state index contributed by atoms with van der Waals surface area (Å²) in [6.45, 7) is 0.713. The van der Waals surface area contributed by atoms with Gasteiger partial charge in [0, 0.05) is 19.8 Å². The van der Waals surface area contributed by atoms with Crippen molar-refractivity contribution in [1.82, 2.24) is 0 Å². The lowest BCUT2D eigenvalue weighted by molar-refractivity contribution is 0.190. The summed E-state index contributed by atoms with van der Waals surface area (Å²) in [4.78, 5) is 0. The quantitative estimate of drug-likeness (QED) is 0.731. The maximum absolute atomic E-state index is 13.3. The Hall–Kier alpha value is -0.930. The van der Waals surface area contributed by atoms with Crippen LogP contribution in [0.15, 0.2) is 24.3 Å². The van der Waals surface area contributed by atoms with Crippen LogP contribution in [0.4, 0.5) is 4.39 Å². The first kappa shape index (κ1) is 12.1. The molecule has 1 rings (SSSR count). The Morgan fingerprint density at radius 1 is 1.40 bits per heavy atom. The number of nitrogens with two attached hydrogens (primary N) is 1. The van der Waals surface area contributed by atoms with Crippen molar-refractivity contribution in [1.29, 1.82) is 0 Å². The molecule has 0 bridgehead atoms. The van der Waals surface area contributed by atoms with Crippen molar-refractivity contribution in [2.75, 3.05) is 13.7 Å². The molecule has 0 fully saturated rings. The van der Waals surface area contributed by atoms with Crippen LogP contribution in [0.2, 0.25) is 0 Å². The molecule has 1 aromatic carbocycles. The van der Waals surface area contributed by atoms with E-state index in [1.165, 1.54) is 6.07 Å². The minimum Gasteiger partial charge on any atom is -0.385 e. The molecule has 3 heteroatoms. The smallest absolute Gasteiger partial charge is 0.126 e. The maximum Gasteiger partial charge on any atom is 0.126 e. The molecule has 0 heterocycles. The molecule has 0 aliphatic rings. The number of benzene rings is 1. The summed E-state index contributed by atoms with van der Waals surface area (Å²) in [6, 6.07) is 6.79. The summed E-state index contributed by atoms with van der Waals surface area (Å²) < 4.78 is 18.2. The zero-order chi connectivity index (χ0) is 11.1. The molecule has 2 N–H and O–H groups in total. The molecule has 0 spiro atoms. The second kappa shape index (κ2) is 6.53. The number of methoxy groups -OCH3 is 1. The number of halogens is 1. The molecule has 0 saturated carbocycles. The first-order valence-electron chi connectivity index (χ1n) is 5.22. The van der Waals surface area contributed by atoms with E-state index in [4.69, 9.17) is 10.5 Å². The van der Waals surface area contributed by atoms with E-state index < -0.39 is 0 Å². The molecule has 0 saturated heterocycles. The average molecular weight is 211 g/mol. The van der Waals surface area contributed by atoms with Crippen molar-refractivity contribution in [3.63, 3.8) is 0 Å². The monoisotopic (exact) mass is 211 g/mol. The van der Waals surface area contributed by atoms with Crippen molar-refractivity contribution in [3.8, 4) is 0 Å².